The molecule has 1 aliphatic rings. The maximum Gasteiger partial charge on any atom is 0.167 e. The summed E-state index contributed by atoms with van der Waals surface area (Å²) in [6.45, 7) is 0. The lowest BCUT2D eigenvalue weighted by atomic mass is 9.92. The van der Waals surface area contributed by atoms with Gasteiger partial charge in [-0.15, -0.1) is 0 Å². The standard InChI is InChI=1S/C16H11ClO/c17-15-7-3-6-14-13(15)9-8-11-4-1-2-5-12(11)10-16(14)18/h1-9H,10H2/b9-8-. The first-order chi connectivity index (χ1) is 8.75. The van der Waals surface area contributed by atoms with E-state index < -0.39 is 0 Å². The van der Waals surface area contributed by atoms with E-state index in [4.69, 9.17) is 11.6 Å². The lowest BCUT2D eigenvalue weighted by Gasteiger charge is -2.12. The molecule has 0 atom stereocenters. The van der Waals surface area contributed by atoms with E-state index in [1.54, 1.807) is 0 Å². The van der Waals surface area contributed by atoms with Crippen LogP contribution in [0.25, 0.3) is 12.2 Å². The van der Waals surface area contributed by atoms with E-state index in [0.717, 1.165) is 16.7 Å². The summed E-state index contributed by atoms with van der Waals surface area (Å²) in [5, 5.41) is 0.622. The molecule has 0 radical (unpaired) electrons. The number of Topliss-reactive ketones (excluding diaryl/α,β-unsaturated/α-hetero) is 1. The van der Waals surface area contributed by atoms with Crippen LogP contribution in [0.1, 0.15) is 27.0 Å². The normalized spacial score (nSPS) is 15.3. The molecule has 0 unspecified atom stereocenters. The van der Waals surface area contributed by atoms with Crippen LogP contribution in [0.2, 0.25) is 5.02 Å². The van der Waals surface area contributed by atoms with Gasteiger partial charge in [0.05, 0.1) is 0 Å². The fraction of sp³-hybridized carbons (Fsp3) is 0.0625. The molecule has 0 N–H and O–H groups in total. The monoisotopic (exact) mass is 254 g/mol. The van der Waals surface area contributed by atoms with Gasteiger partial charge in [0.1, 0.15) is 0 Å². The minimum Gasteiger partial charge on any atom is -0.294 e. The number of benzene rings is 2. The van der Waals surface area contributed by atoms with E-state index >= 15 is 0 Å². The van der Waals surface area contributed by atoms with Crippen LogP contribution in [0.3, 0.4) is 0 Å². The number of carbonyl (C=O) groups excluding carboxylic acids is 1. The number of hydrogen-bond donors (Lipinski definition) is 0. The maximum absolute atomic E-state index is 12.3. The summed E-state index contributed by atoms with van der Waals surface area (Å²) < 4.78 is 0. The highest BCUT2D eigenvalue weighted by molar-refractivity contribution is 6.33. The summed E-state index contributed by atoms with van der Waals surface area (Å²) in [6, 6.07) is 13.4. The SMILES string of the molecule is O=C1Cc2ccccc2/C=C\c2c(Cl)cccc21. The molecule has 18 heavy (non-hydrogen) atoms. The summed E-state index contributed by atoms with van der Waals surface area (Å²) in [5.41, 5.74) is 3.66. The number of halogens is 1. The van der Waals surface area contributed by atoms with Crippen molar-refractivity contribution in [2.24, 2.45) is 0 Å². The van der Waals surface area contributed by atoms with Gasteiger partial charge >= 0.3 is 0 Å². The molecule has 2 aromatic rings. The largest absolute Gasteiger partial charge is 0.294 e. The lowest BCUT2D eigenvalue weighted by Crippen LogP contribution is -2.08. The van der Waals surface area contributed by atoms with Gasteiger partial charge in [-0.1, -0.05) is 60.2 Å². The quantitative estimate of drug-likeness (QED) is 0.687. The Morgan fingerprint density at radius 3 is 2.67 bits per heavy atom. The van der Waals surface area contributed by atoms with Crippen LogP contribution in [0, 0.1) is 0 Å². The average molecular weight is 255 g/mol. The second-order valence-corrected chi connectivity index (χ2v) is 4.74. The van der Waals surface area contributed by atoms with Crippen LogP contribution < -0.4 is 0 Å². The molecule has 0 aromatic heterocycles. The van der Waals surface area contributed by atoms with E-state index in [0.29, 0.717) is 17.0 Å². The lowest BCUT2D eigenvalue weighted by molar-refractivity contribution is 0.0992. The van der Waals surface area contributed by atoms with Crippen molar-refractivity contribution in [1.82, 2.24) is 0 Å². The highest BCUT2D eigenvalue weighted by Gasteiger charge is 2.16. The first kappa shape index (κ1) is 11.2. The molecule has 1 nitrogen and oxygen atoms in total. The fourth-order valence-electron chi connectivity index (χ4n) is 2.25. The second-order valence-electron chi connectivity index (χ2n) is 4.33. The predicted octanol–water partition coefficient (Wildman–Crippen LogP) is 4.25. The number of ketones is 1. The summed E-state index contributed by atoms with van der Waals surface area (Å²) in [6.07, 6.45) is 4.37. The van der Waals surface area contributed by atoms with Crippen molar-refractivity contribution in [3.05, 3.63) is 69.7 Å². The zero-order valence-corrected chi connectivity index (χ0v) is 10.4. The van der Waals surface area contributed by atoms with E-state index in [1.807, 2.05) is 54.6 Å². The van der Waals surface area contributed by atoms with Gasteiger partial charge in [0.2, 0.25) is 0 Å². The Morgan fingerprint density at radius 2 is 1.78 bits per heavy atom. The van der Waals surface area contributed by atoms with Crippen LogP contribution in [-0.2, 0) is 6.42 Å². The molecule has 2 heteroatoms. The Morgan fingerprint density at radius 1 is 0.944 bits per heavy atom. The molecule has 0 amide bonds. The topological polar surface area (TPSA) is 17.1 Å². The Bertz CT molecular complexity index is 656. The summed E-state index contributed by atoms with van der Waals surface area (Å²) in [5.74, 6) is 0.115. The fourth-order valence-corrected chi connectivity index (χ4v) is 2.49. The third kappa shape index (κ3) is 1.87. The van der Waals surface area contributed by atoms with Crippen molar-refractivity contribution in [3.63, 3.8) is 0 Å². The third-order valence-corrected chi connectivity index (χ3v) is 3.52. The number of carbonyl (C=O) groups is 1. The summed E-state index contributed by atoms with van der Waals surface area (Å²) in [7, 11) is 0. The molecule has 1 aliphatic carbocycles. The Kier molecular flexibility index (Phi) is 2.77. The molecule has 0 heterocycles. The van der Waals surface area contributed by atoms with Crippen molar-refractivity contribution in [1.29, 1.82) is 0 Å². The molecule has 0 saturated carbocycles. The molecule has 0 fully saturated rings. The Hall–Kier alpha value is -1.86. The Balaban J connectivity index is 2.23. The smallest absolute Gasteiger partial charge is 0.167 e. The summed E-state index contributed by atoms with van der Waals surface area (Å²) in [4.78, 5) is 12.3. The molecule has 0 spiro atoms. The van der Waals surface area contributed by atoms with Crippen LogP contribution in [0.5, 0.6) is 0 Å². The van der Waals surface area contributed by atoms with Crippen molar-refractivity contribution in [3.8, 4) is 0 Å². The molecule has 0 bridgehead atoms. The zero-order chi connectivity index (χ0) is 12.5. The van der Waals surface area contributed by atoms with Crippen LogP contribution >= 0.6 is 11.6 Å². The number of fused-ring (bicyclic) bond motifs is 2. The van der Waals surface area contributed by atoms with Gasteiger partial charge in [0.15, 0.2) is 5.78 Å². The molecule has 2 aromatic carbocycles. The van der Waals surface area contributed by atoms with Crippen molar-refractivity contribution in [2.45, 2.75) is 6.42 Å². The van der Waals surface area contributed by atoms with Crippen LogP contribution in [-0.4, -0.2) is 5.78 Å². The van der Waals surface area contributed by atoms with Crippen molar-refractivity contribution in [2.75, 3.05) is 0 Å². The van der Waals surface area contributed by atoms with Gasteiger partial charge < -0.3 is 0 Å². The highest BCUT2D eigenvalue weighted by Crippen LogP contribution is 2.27. The van der Waals surface area contributed by atoms with Crippen molar-refractivity contribution < 1.29 is 4.79 Å². The van der Waals surface area contributed by atoms with Gasteiger partial charge in [-0.25, -0.2) is 0 Å². The molecule has 88 valence electrons. The van der Waals surface area contributed by atoms with Crippen molar-refractivity contribution >= 4 is 29.5 Å². The Labute approximate surface area is 111 Å². The molecule has 0 saturated heterocycles. The molecular weight excluding hydrogens is 244 g/mol. The minimum absolute atomic E-state index is 0.115. The van der Waals surface area contributed by atoms with Gasteiger partial charge in [0, 0.05) is 22.6 Å². The van der Waals surface area contributed by atoms with Gasteiger partial charge in [-0.2, -0.15) is 0 Å². The molecule has 3 rings (SSSR count). The second kappa shape index (κ2) is 4.43. The van der Waals surface area contributed by atoms with E-state index in [-0.39, 0.29) is 5.78 Å². The molecular formula is C16H11ClO. The molecule has 0 aliphatic heterocycles. The predicted molar refractivity (Wildman–Crippen MR) is 74.9 cm³/mol. The van der Waals surface area contributed by atoms with Crippen LogP contribution in [0.15, 0.2) is 42.5 Å². The third-order valence-electron chi connectivity index (χ3n) is 3.19. The zero-order valence-electron chi connectivity index (χ0n) is 9.69. The summed E-state index contributed by atoms with van der Waals surface area (Å²) >= 11 is 6.16. The van der Waals surface area contributed by atoms with E-state index in [1.165, 1.54) is 0 Å². The van der Waals surface area contributed by atoms with Crippen LogP contribution in [0.4, 0.5) is 0 Å². The first-order valence-electron chi connectivity index (χ1n) is 5.83. The minimum atomic E-state index is 0.115. The highest BCUT2D eigenvalue weighted by atomic mass is 35.5. The van der Waals surface area contributed by atoms with Gasteiger partial charge in [-0.05, 0) is 17.2 Å². The van der Waals surface area contributed by atoms with E-state index in [9.17, 15) is 4.79 Å². The first-order valence-corrected chi connectivity index (χ1v) is 6.21. The average Bonchev–Trinajstić information content (AvgIpc) is 2.36. The van der Waals surface area contributed by atoms with Gasteiger partial charge in [-0.3, -0.25) is 4.79 Å². The number of hydrogen-bond acceptors (Lipinski definition) is 1. The maximum atomic E-state index is 12.3. The number of rotatable bonds is 0. The van der Waals surface area contributed by atoms with E-state index in [2.05, 4.69) is 0 Å². The van der Waals surface area contributed by atoms with Gasteiger partial charge in [0.25, 0.3) is 0 Å².